The molecule has 152 valence electrons. The van der Waals surface area contributed by atoms with Crippen LogP contribution in [-0.4, -0.2) is 23.6 Å². The van der Waals surface area contributed by atoms with Crippen molar-refractivity contribution in [3.63, 3.8) is 0 Å². The van der Waals surface area contributed by atoms with Gasteiger partial charge in [-0.3, -0.25) is 19.3 Å². The van der Waals surface area contributed by atoms with Gasteiger partial charge in [0.05, 0.1) is 23.1 Å². The third-order valence-corrected chi connectivity index (χ3v) is 6.76. The van der Waals surface area contributed by atoms with Crippen molar-refractivity contribution in [1.82, 2.24) is 0 Å². The van der Waals surface area contributed by atoms with Gasteiger partial charge >= 0.3 is 5.97 Å². The lowest BCUT2D eigenvalue weighted by Gasteiger charge is -2.19. The molecule has 0 radical (unpaired) electrons. The molecule has 0 aromatic heterocycles. The maximum absolute atomic E-state index is 12.9. The molecule has 4 atom stereocenters. The zero-order valence-corrected chi connectivity index (χ0v) is 16.5. The maximum Gasteiger partial charge on any atom is 0.343 e. The number of esters is 1. The van der Waals surface area contributed by atoms with Crippen LogP contribution in [0.4, 0.5) is 5.69 Å². The van der Waals surface area contributed by atoms with E-state index in [2.05, 4.69) is 0 Å². The molecule has 30 heavy (non-hydrogen) atoms. The molecule has 2 aromatic rings. The molecule has 1 heterocycles. The lowest BCUT2D eigenvalue weighted by atomic mass is 9.81. The second-order valence-electron chi connectivity index (χ2n) is 8.41. The molecule has 6 heteroatoms. The van der Waals surface area contributed by atoms with E-state index in [-0.39, 0.29) is 29.4 Å². The molecule has 3 aliphatic rings. The number of hydrogen-bond donors (Lipinski definition) is 0. The van der Waals surface area contributed by atoms with Crippen molar-refractivity contribution >= 4 is 29.3 Å². The summed E-state index contributed by atoms with van der Waals surface area (Å²) in [6.45, 7) is 1.47. The van der Waals surface area contributed by atoms with Crippen molar-refractivity contribution in [2.45, 2.75) is 26.2 Å². The molecule has 2 amide bonds. The summed E-state index contributed by atoms with van der Waals surface area (Å²) in [6, 6.07) is 12.7. The normalized spacial score (nSPS) is 26.8. The van der Waals surface area contributed by atoms with Crippen LogP contribution in [0, 0.1) is 23.7 Å². The van der Waals surface area contributed by atoms with Gasteiger partial charge in [-0.25, -0.2) is 4.79 Å². The predicted octanol–water partition coefficient (Wildman–Crippen LogP) is 3.64. The third-order valence-electron chi connectivity index (χ3n) is 6.76. The number of ketones is 1. The van der Waals surface area contributed by atoms with Crippen LogP contribution in [0.3, 0.4) is 0 Å². The average Bonchev–Trinajstić information content (AvgIpc) is 3.42. The van der Waals surface area contributed by atoms with Crippen LogP contribution in [0.2, 0.25) is 0 Å². The van der Waals surface area contributed by atoms with E-state index in [0.717, 1.165) is 19.3 Å². The maximum atomic E-state index is 12.9. The summed E-state index contributed by atoms with van der Waals surface area (Å²) in [7, 11) is 0. The number of Topliss-reactive ketones (excluding diaryl/α,β-unsaturated/α-hetero) is 1. The Morgan fingerprint density at radius 1 is 0.833 bits per heavy atom. The fourth-order valence-corrected chi connectivity index (χ4v) is 5.33. The monoisotopic (exact) mass is 403 g/mol. The van der Waals surface area contributed by atoms with E-state index in [1.54, 1.807) is 48.5 Å². The summed E-state index contributed by atoms with van der Waals surface area (Å²) in [5.74, 6) is -0.135. The first-order chi connectivity index (χ1) is 14.4. The van der Waals surface area contributed by atoms with Crippen molar-refractivity contribution in [3.05, 3.63) is 59.7 Å². The molecule has 2 bridgehead atoms. The first-order valence-electron chi connectivity index (χ1n) is 10.2. The van der Waals surface area contributed by atoms with Crippen molar-refractivity contribution in [2.24, 2.45) is 23.7 Å². The molecular formula is C24H21NO5. The highest BCUT2D eigenvalue weighted by Crippen LogP contribution is 2.56. The highest BCUT2D eigenvalue weighted by Gasteiger charge is 2.61. The average molecular weight is 403 g/mol. The summed E-state index contributed by atoms with van der Waals surface area (Å²) >= 11 is 0. The Labute approximate surface area is 173 Å². The van der Waals surface area contributed by atoms with Gasteiger partial charge in [0, 0.05) is 5.56 Å². The van der Waals surface area contributed by atoms with Crippen molar-refractivity contribution < 1.29 is 23.9 Å². The largest absolute Gasteiger partial charge is 0.423 e. The highest BCUT2D eigenvalue weighted by atomic mass is 16.5. The summed E-state index contributed by atoms with van der Waals surface area (Å²) < 4.78 is 5.34. The zero-order valence-electron chi connectivity index (χ0n) is 16.5. The van der Waals surface area contributed by atoms with Gasteiger partial charge in [-0.05, 0) is 86.6 Å². The molecule has 1 aliphatic heterocycles. The van der Waals surface area contributed by atoms with Crippen LogP contribution in [0.1, 0.15) is 46.9 Å². The fourth-order valence-electron chi connectivity index (χ4n) is 5.33. The molecule has 0 unspecified atom stereocenters. The molecule has 0 spiro atoms. The van der Waals surface area contributed by atoms with Gasteiger partial charge in [0.1, 0.15) is 5.75 Å². The standard InChI is InChI=1S/C24H21NO5/c1-13(26)14-6-10-19(11-7-14)30-24(29)15-4-8-18(9-5-15)25-22(27)20-16-2-3-17(12-16)21(20)23(25)28/h4-11,16-17,20-21H,2-3,12H2,1H3/t16-,17+,20-,21+. The van der Waals surface area contributed by atoms with E-state index >= 15 is 0 Å². The van der Waals surface area contributed by atoms with Crippen LogP contribution < -0.4 is 9.64 Å². The van der Waals surface area contributed by atoms with Crippen molar-refractivity contribution in [2.75, 3.05) is 4.90 Å². The van der Waals surface area contributed by atoms with Gasteiger partial charge in [0.15, 0.2) is 5.78 Å². The predicted molar refractivity (Wildman–Crippen MR) is 108 cm³/mol. The Bertz CT molecular complexity index is 1030. The van der Waals surface area contributed by atoms with Crippen LogP contribution in [0.25, 0.3) is 0 Å². The van der Waals surface area contributed by atoms with Crippen molar-refractivity contribution in [1.29, 1.82) is 0 Å². The summed E-state index contributed by atoms with van der Waals surface area (Å²) in [5, 5.41) is 0. The Hall–Kier alpha value is -3.28. The number of anilines is 1. The number of carbonyl (C=O) groups excluding carboxylic acids is 4. The fraction of sp³-hybridized carbons (Fsp3) is 0.333. The number of amides is 2. The number of fused-ring (bicyclic) bond motifs is 5. The van der Waals surface area contributed by atoms with E-state index in [1.807, 2.05) is 0 Å². The van der Waals surface area contributed by atoms with Gasteiger partial charge in [0.2, 0.25) is 11.8 Å². The van der Waals surface area contributed by atoms with Gasteiger partial charge in [-0.15, -0.1) is 0 Å². The molecule has 2 saturated carbocycles. The minimum absolute atomic E-state index is 0.0633. The lowest BCUT2D eigenvalue weighted by molar-refractivity contribution is -0.123. The summed E-state index contributed by atoms with van der Waals surface area (Å²) in [4.78, 5) is 50.9. The van der Waals surface area contributed by atoms with Gasteiger partial charge in [0.25, 0.3) is 0 Å². The molecule has 2 aromatic carbocycles. The van der Waals surface area contributed by atoms with Gasteiger partial charge in [-0.1, -0.05) is 0 Å². The van der Waals surface area contributed by atoms with Crippen LogP contribution in [0.5, 0.6) is 5.75 Å². The molecule has 3 fully saturated rings. The quantitative estimate of drug-likeness (QED) is 0.337. The SMILES string of the molecule is CC(=O)c1ccc(OC(=O)c2ccc(N3C(=O)[C@@H]4[C@@H]5CC[C@@H](C5)[C@@H]4C3=O)cc2)cc1. The number of rotatable bonds is 4. The molecule has 1 saturated heterocycles. The molecule has 6 nitrogen and oxygen atoms in total. The second-order valence-corrected chi connectivity index (χ2v) is 8.41. The Balaban J connectivity index is 1.31. The van der Waals surface area contributed by atoms with E-state index in [9.17, 15) is 19.2 Å². The number of nitrogens with zero attached hydrogens (tertiary/aromatic N) is 1. The number of benzene rings is 2. The van der Waals surface area contributed by atoms with Crippen LogP contribution in [0.15, 0.2) is 48.5 Å². The van der Waals surface area contributed by atoms with E-state index in [0.29, 0.717) is 34.4 Å². The zero-order chi connectivity index (χ0) is 21.0. The number of hydrogen-bond acceptors (Lipinski definition) is 5. The molecule has 0 N–H and O–H groups in total. The van der Waals surface area contributed by atoms with Crippen LogP contribution >= 0.6 is 0 Å². The Kier molecular flexibility index (Phi) is 4.31. The van der Waals surface area contributed by atoms with Crippen LogP contribution in [-0.2, 0) is 9.59 Å². The minimum atomic E-state index is -0.550. The number of imide groups is 1. The smallest absolute Gasteiger partial charge is 0.343 e. The van der Waals surface area contributed by atoms with E-state index in [4.69, 9.17) is 4.74 Å². The van der Waals surface area contributed by atoms with Gasteiger partial charge < -0.3 is 4.74 Å². The second kappa shape index (κ2) is 6.90. The summed E-state index contributed by atoms with van der Waals surface area (Å²) in [6.07, 6.45) is 3.08. The van der Waals surface area contributed by atoms with E-state index < -0.39 is 5.97 Å². The van der Waals surface area contributed by atoms with E-state index in [1.165, 1.54) is 11.8 Å². The number of carbonyl (C=O) groups is 4. The first kappa shape index (κ1) is 18.7. The number of ether oxygens (including phenoxy) is 1. The lowest BCUT2D eigenvalue weighted by Crippen LogP contribution is -2.32. The third kappa shape index (κ3) is 2.86. The highest BCUT2D eigenvalue weighted by molar-refractivity contribution is 6.22. The topological polar surface area (TPSA) is 80.8 Å². The first-order valence-corrected chi connectivity index (χ1v) is 10.2. The summed E-state index contributed by atoms with van der Waals surface area (Å²) in [5.41, 5.74) is 1.35. The molecular weight excluding hydrogens is 382 g/mol. The Morgan fingerprint density at radius 3 is 1.90 bits per heavy atom. The Morgan fingerprint density at radius 2 is 1.37 bits per heavy atom. The molecule has 5 rings (SSSR count). The molecule has 2 aliphatic carbocycles. The van der Waals surface area contributed by atoms with Crippen molar-refractivity contribution in [3.8, 4) is 5.75 Å². The van der Waals surface area contributed by atoms with Gasteiger partial charge in [-0.2, -0.15) is 0 Å². The minimum Gasteiger partial charge on any atom is -0.423 e.